The van der Waals surface area contributed by atoms with Gasteiger partial charge in [0, 0.05) is 45.0 Å². The maximum atomic E-state index is 3.50. The standard InChI is InChI=1S/C15H23N3/c1-17-8-3-4-12-10-13(5-6-14(12)17)15-11-16-7-9-18(15)2/h5-6,10,15-16H,3-4,7-9,11H2,1-2H3. The Kier molecular flexibility index (Phi) is 3.27. The molecule has 0 radical (unpaired) electrons. The van der Waals surface area contributed by atoms with E-state index in [2.05, 4.69) is 47.4 Å². The minimum atomic E-state index is 0.538. The van der Waals surface area contributed by atoms with Crippen molar-refractivity contribution in [2.24, 2.45) is 0 Å². The Labute approximate surface area is 110 Å². The van der Waals surface area contributed by atoms with Gasteiger partial charge in [0.2, 0.25) is 0 Å². The van der Waals surface area contributed by atoms with Gasteiger partial charge in [-0.25, -0.2) is 0 Å². The molecule has 1 atom stereocenters. The number of likely N-dealkylation sites (N-methyl/N-ethyl adjacent to an activating group) is 1. The third kappa shape index (κ3) is 2.13. The predicted octanol–water partition coefficient (Wildman–Crippen LogP) is 1.65. The van der Waals surface area contributed by atoms with Crippen LogP contribution in [-0.4, -0.2) is 45.2 Å². The normalized spacial score (nSPS) is 25.0. The molecule has 1 unspecified atom stereocenters. The molecule has 1 aromatic carbocycles. The van der Waals surface area contributed by atoms with Crippen LogP contribution in [-0.2, 0) is 6.42 Å². The fraction of sp³-hybridized carbons (Fsp3) is 0.600. The second-order valence-electron chi connectivity index (χ2n) is 5.61. The molecule has 3 heteroatoms. The first-order valence-corrected chi connectivity index (χ1v) is 7.00. The lowest BCUT2D eigenvalue weighted by atomic mass is 9.95. The largest absolute Gasteiger partial charge is 0.374 e. The second kappa shape index (κ2) is 4.90. The molecule has 0 saturated carbocycles. The van der Waals surface area contributed by atoms with Gasteiger partial charge in [0.15, 0.2) is 0 Å². The van der Waals surface area contributed by atoms with Crippen LogP contribution in [0.15, 0.2) is 18.2 Å². The molecule has 0 aromatic heterocycles. The highest BCUT2D eigenvalue weighted by Gasteiger charge is 2.22. The van der Waals surface area contributed by atoms with Gasteiger partial charge < -0.3 is 10.2 Å². The minimum Gasteiger partial charge on any atom is -0.374 e. The molecule has 1 aromatic rings. The van der Waals surface area contributed by atoms with Gasteiger partial charge in [-0.15, -0.1) is 0 Å². The molecule has 2 heterocycles. The van der Waals surface area contributed by atoms with Gasteiger partial charge in [0.1, 0.15) is 0 Å². The van der Waals surface area contributed by atoms with Gasteiger partial charge in [0.25, 0.3) is 0 Å². The highest BCUT2D eigenvalue weighted by atomic mass is 15.2. The van der Waals surface area contributed by atoms with E-state index in [0.29, 0.717) is 6.04 Å². The van der Waals surface area contributed by atoms with E-state index in [4.69, 9.17) is 0 Å². The molecule has 2 aliphatic rings. The third-order valence-corrected chi connectivity index (χ3v) is 4.35. The molecule has 1 N–H and O–H groups in total. The number of fused-ring (bicyclic) bond motifs is 1. The van der Waals surface area contributed by atoms with Gasteiger partial charge in [-0.2, -0.15) is 0 Å². The fourth-order valence-corrected chi connectivity index (χ4v) is 3.19. The summed E-state index contributed by atoms with van der Waals surface area (Å²) >= 11 is 0. The highest BCUT2D eigenvalue weighted by molar-refractivity contribution is 5.56. The van der Waals surface area contributed by atoms with Crippen molar-refractivity contribution in [3.8, 4) is 0 Å². The molecule has 3 rings (SSSR count). The van der Waals surface area contributed by atoms with Gasteiger partial charge in [-0.05, 0) is 37.1 Å². The predicted molar refractivity (Wildman–Crippen MR) is 76.3 cm³/mol. The van der Waals surface area contributed by atoms with Crippen molar-refractivity contribution in [1.29, 1.82) is 0 Å². The van der Waals surface area contributed by atoms with Crippen LogP contribution < -0.4 is 10.2 Å². The number of piperazine rings is 1. The third-order valence-electron chi connectivity index (χ3n) is 4.35. The number of aryl methyl sites for hydroxylation is 1. The zero-order chi connectivity index (χ0) is 12.5. The number of hydrogen-bond donors (Lipinski definition) is 1. The van der Waals surface area contributed by atoms with E-state index in [1.807, 2.05) is 0 Å². The summed E-state index contributed by atoms with van der Waals surface area (Å²) in [7, 11) is 4.43. The van der Waals surface area contributed by atoms with Crippen molar-refractivity contribution < 1.29 is 0 Å². The van der Waals surface area contributed by atoms with E-state index in [1.54, 1.807) is 0 Å². The second-order valence-corrected chi connectivity index (χ2v) is 5.61. The molecule has 18 heavy (non-hydrogen) atoms. The van der Waals surface area contributed by atoms with Crippen LogP contribution in [0.3, 0.4) is 0 Å². The van der Waals surface area contributed by atoms with Crippen LogP contribution in [0.25, 0.3) is 0 Å². The Bertz CT molecular complexity index is 430. The SMILES string of the molecule is CN1CCCc2cc(C3CNCCN3C)ccc21. The zero-order valence-corrected chi connectivity index (χ0v) is 11.4. The molecule has 98 valence electrons. The van der Waals surface area contributed by atoms with Gasteiger partial charge >= 0.3 is 0 Å². The Morgan fingerprint density at radius 2 is 2.11 bits per heavy atom. The van der Waals surface area contributed by atoms with Crippen molar-refractivity contribution in [2.45, 2.75) is 18.9 Å². The summed E-state index contributed by atoms with van der Waals surface area (Å²) < 4.78 is 0. The van der Waals surface area contributed by atoms with Crippen LogP contribution in [0.2, 0.25) is 0 Å². The Hall–Kier alpha value is -1.06. The van der Waals surface area contributed by atoms with Gasteiger partial charge in [-0.3, -0.25) is 4.90 Å². The first-order valence-electron chi connectivity index (χ1n) is 7.00. The average molecular weight is 245 g/mol. The molecule has 0 aliphatic carbocycles. The van der Waals surface area contributed by atoms with Crippen LogP contribution in [0, 0.1) is 0 Å². The van der Waals surface area contributed by atoms with Crippen molar-refractivity contribution in [3.05, 3.63) is 29.3 Å². The zero-order valence-electron chi connectivity index (χ0n) is 11.4. The van der Waals surface area contributed by atoms with E-state index >= 15 is 0 Å². The maximum absolute atomic E-state index is 3.50. The summed E-state index contributed by atoms with van der Waals surface area (Å²) in [6.45, 7) is 4.52. The molecule has 0 spiro atoms. The quantitative estimate of drug-likeness (QED) is 0.811. The molecular formula is C15H23N3. The summed E-state index contributed by atoms with van der Waals surface area (Å²) in [6.07, 6.45) is 2.52. The lowest BCUT2D eigenvalue weighted by Gasteiger charge is -2.35. The Morgan fingerprint density at radius 3 is 2.94 bits per heavy atom. The van der Waals surface area contributed by atoms with Gasteiger partial charge in [0.05, 0.1) is 0 Å². The summed E-state index contributed by atoms with van der Waals surface area (Å²) in [5.74, 6) is 0. The molecule has 2 aliphatic heterocycles. The Morgan fingerprint density at radius 1 is 1.22 bits per heavy atom. The van der Waals surface area contributed by atoms with Gasteiger partial charge in [-0.1, -0.05) is 12.1 Å². The van der Waals surface area contributed by atoms with E-state index in [9.17, 15) is 0 Å². The van der Waals surface area contributed by atoms with Crippen LogP contribution >= 0.6 is 0 Å². The summed E-state index contributed by atoms with van der Waals surface area (Å²) in [4.78, 5) is 4.84. The van der Waals surface area contributed by atoms with Crippen molar-refractivity contribution in [1.82, 2.24) is 10.2 Å². The summed E-state index contributed by atoms with van der Waals surface area (Å²) in [6, 6.07) is 7.59. The average Bonchev–Trinajstić information content (AvgIpc) is 2.39. The fourth-order valence-electron chi connectivity index (χ4n) is 3.19. The van der Waals surface area contributed by atoms with E-state index < -0.39 is 0 Å². The number of nitrogens with zero attached hydrogens (tertiary/aromatic N) is 2. The smallest absolute Gasteiger partial charge is 0.0470 e. The van der Waals surface area contributed by atoms with Crippen LogP contribution in [0.5, 0.6) is 0 Å². The van der Waals surface area contributed by atoms with Crippen molar-refractivity contribution in [2.75, 3.05) is 45.2 Å². The molecule has 3 nitrogen and oxygen atoms in total. The monoisotopic (exact) mass is 245 g/mol. The molecule has 0 amide bonds. The van der Waals surface area contributed by atoms with Crippen LogP contribution in [0.1, 0.15) is 23.6 Å². The molecular weight excluding hydrogens is 222 g/mol. The first kappa shape index (κ1) is 12.0. The number of rotatable bonds is 1. The van der Waals surface area contributed by atoms with Crippen LogP contribution in [0.4, 0.5) is 5.69 Å². The first-order chi connectivity index (χ1) is 8.75. The Balaban J connectivity index is 1.89. The minimum absolute atomic E-state index is 0.538. The van der Waals surface area contributed by atoms with E-state index in [0.717, 1.165) is 19.6 Å². The number of hydrogen-bond acceptors (Lipinski definition) is 3. The lowest BCUT2D eigenvalue weighted by Crippen LogP contribution is -2.43. The maximum Gasteiger partial charge on any atom is 0.0470 e. The van der Waals surface area contributed by atoms with Crippen molar-refractivity contribution in [3.63, 3.8) is 0 Å². The number of anilines is 1. The molecule has 1 fully saturated rings. The number of nitrogens with one attached hydrogen (secondary N) is 1. The van der Waals surface area contributed by atoms with E-state index in [1.165, 1.54) is 36.2 Å². The van der Waals surface area contributed by atoms with Crippen molar-refractivity contribution >= 4 is 5.69 Å². The van der Waals surface area contributed by atoms with E-state index in [-0.39, 0.29) is 0 Å². The highest BCUT2D eigenvalue weighted by Crippen LogP contribution is 2.30. The lowest BCUT2D eigenvalue weighted by molar-refractivity contribution is 0.202. The topological polar surface area (TPSA) is 18.5 Å². The molecule has 1 saturated heterocycles. The number of benzene rings is 1. The molecule has 0 bridgehead atoms. The summed E-state index contributed by atoms with van der Waals surface area (Å²) in [5.41, 5.74) is 4.43. The summed E-state index contributed by atoms with van der Waals surface area (Å²) in [5, 5.41) is 3.50.